The van der Waals surface area contributed by atoms with Gasteiger partial charge in [-0.25, -0.2) is 19.2 Å². The molecular weight excluding hydrogens is 450 g/mol. The molecule has 0 saturated heterocycles. The van der Waals surface area contributed by atoms with Crippen LogP contribution >= 0.6 is 12.1 Å². The summed E-state index contributed by atoms with van der Waals surface area (Å²) in [6.07, 6.45) is 5.48. The quantitative estimate of drug-likeness (QED) is 0.0352. The second-order valence-corrected chi connectivity index (χ2v) is 7.53. The highest BCUT2D eigenvalue weighted by Gasteiger charge is 2.20. The summed E-state index contributed by atoms with van der Waals surface area (Å²) < 4.78 is 10.6. The van der Waals surface area contributed by atoms with Crippen molar-refractivity contribution in [1.29, 1.82) is 0 Å². The van der Waals surface area contributed by atoms with E-state index < -0.39 is 30.4 Å². The number of nitrogens with two attached hydrogens (primary N) is 2. The number of carboxylic acids is 2. The Morgan fingerprint density at radius 2 is 1.85 bits per heavy atom. The van der Waals surface area contributed by atoms with Crippen molar-refractivity contribution >= 4 is 36.0 Å². The van der Waals surface area contributed by atoms with Gasteiger partial charge in [0.2, 0.25) is 0 Å². The number of aliphatic carboxylic acids is 2. The Morgan fingerprint density at radius 3 is 2.39 bits per heavy atom. The standard InChI is InChI=1S/C21H27N5O6S/c1-13(2)10-15(25-21(22)23)4-3-5-19(29)32-16-8-6-14(7-9-16)12-24-33-26-17(20(30)31)11-18(27)28/h3-10,17,24,26H,11-12H2,1-2H3,(H,27,28)(H,30,31)(H4,22,23,25)/b5-3+,15-4+. The molecule has 0 aliphatic rings. The molecule has 0 spiro atoms. The Kier molecular flexibility index (Phi) is 12.0. The van der Waals surface area contributed by atoms with Crippen molar-refractivity contribution in [3.63, 3.8) is 0 Å². The number of hydrogen-bond donors (Lipinski definition) is 6. The maximum atomic E-state index is 12.0. The fourth-order valence-corrected chi connectivity index (χ4v) is 2.85. The van der Waals surface area contributed by atoms with Crippen molar-refractivity contribution in [3.8, 4) is 5.75 Å². The minimum atomic E-state index is -1.26. The second kappa shape index (κ2) is 14.5. The summed E-state index contributed by atoms with van der Waals surface area (Å²) in [5.41, 5.74) is 13.1. The van der Waals surface area contributed by atoms with Gasteiger partial charge in [-0.2, -0.15) is 0 Å². The molecule has 11 nitrogen and oxygen atoms in total. The van der Waals surface area contributed by atoms with Crippen LogP contribution < -0.4 is 25.6 Å². The summed E-state index contributed by atoms with van der Waals surface area (Å²) in [7, 11) is 0. The van der Waals surface area contributed by atoms with E-state index in [1.165, 1.54) is 12.2 Å². The van der Waals surface area contributed by atoms with E-state index in [2.05, 4.69) is 14.4 Å². The molecule has 0 aliphatic carbocycles. The summed E-state index contributed by atoms with van der Waals surface area (Å²) >= 11 is 0.887. The molecule has 178 valence electrons. The molecule has 1 aromatic carbocycles. The van der Waals surface area contributed by atoms with Crippen molar-refractivity contribution in [3.05, 3.63) is 65.4 Å². The van der Waals surface area contributed by atoms with Crippen LogP contribution in [0, 0.1) is 0 Å². The van der Waals surface area contributed by atoms with Crippen molar-refractivity contribution in [1.82, 2.24) is 9.44 Å². The van der Waals surface area contributed by atoms with Crippen LogP contribution in [-0.2, 0) is 20.9 Å². The molecule has 12 heteroatoms. The molecule has 8 N–H and O–H groups in total. The molecule has 0 amide bonds. The zero-order chi connectivity index (χ0) is 24.8. The van der Waals surface area contributed by atoms with E-state index in [9.17, 15) is 14.4 Å². The van der Waals surface area contributed by atoms with Gasteiger partial charge < -0.3 is 26.4 Å². The first kappa shape index (κ1) is 27.4. The number of rotatable bonds is 13. The number of benzene rings is 1. The number of allylic oxidation sites excluding steroid dienone is 4. The highest BCUT2D eigenvalue weighted by molar-refractivity contribution is 7.95. The lowest BCUT2D eigenvalue weighted by Gasteiger charge is -2.12. The molecule has 0 fully saturated rings. The third-order valence-electron chi connectivity index (χ3n) is 3.56. The summed E-state index contributed by atoms with van der Waals surface area (Å²) in [5, 5.41) is 17.7. The molecule has 0 aliphatic heterocycles. The maximum absolute atomic E-state index is 12.0. The van der Waals surface area contributed by atoms with E-state index in [0.717, 1.165) is 23.3 Å². The molecule has 0 heterocycles. The van der Waals surface area contributed by atoms with Crippen LogP contribution in [0.3, 0.4) is 0 Å². The number of esters is 1. The fourth-order valence-electron chi connectivity index (χ4n) is 2.20. The SMILES string of the molecule is CC(C)=C/C(=C\C=C\C(=O)Oc1ccc(CNSNC(CC(=O)O)C(=O)O)cc1)N=C(N)N. The van der Waals surface area contributed by atoms with Crippen LogP contribution in [0.1, 0.15) is 25.8 Å². The number of nitrogens with zero attached hydrogens (tertiary/aromatic N) is 1. The lowest BCUT2D eigenvalue weighted by molar-refractivity contribution is -0.145. The van der Waals surface area contributed by atoms with Gasteiger partial charge in [-0.05, 0) is 43.7 Å². The minimum Gasteiger partial charge on any atom is -0.481 e. The van der Waals surface area contributed by atoms with Crippen molar-refractivity contribution in [2.24, 2.45) is 16.5 Å². The Labute approximate surface area is 195 Å². The van der Waals surface area contributed by atoms with E-state index >= 15 is 0 Å². The third kappa shape index (κ3) is 12.7. The summed E-state index contributed by atoms with van der Waals surface area (Å²) in [6.45, 7) is 4.12. The Morgan fingerprint density at radius 1 is 1.18 bits per heavy atom. The normalized spacial score (nSPS) is 12.1. The summed E-state index contributed by atoms with van der Waals surface area (Å²) in [4.78, 5) is 37.6. The van der Waals surface area contributed by atoms with Crippen molar-refractivity contribution in [2.45, 2.75) is 32.9 Å². The number of ether oxygens (including phenoxy) is 1. The van der Waals surface area contributed by atoms with Gasteiger partial charge in [-0.15, -0.1) is 0 Å². The summed E-state index contributed by atoms with van der Waals surface area (Å²) in [6, 6.07) is 5.43. The Hall–Kier alpha value is -3.61. The first-order valence-electron chi connectivity index (χ1n) is 9.59. The van der Waals surface area contributed by atoms with E-state index in [-0.39, 0.29) is 5.96 Å². The van der Waals surface area contributed by atoms with Crippen LogP contribution in [0.25, 0.3) is 0 Å². The van der Waals surface area contributed by atoms with Crippen molar-refractivity contribution < 1.29 is 29.3 Å². The number of carboxylic acid groups (broad SMARTS) is 2. The van der Waals surface area contributed by atoms with Gasteiger partial charge in [-0.3, -0.25) is 9.59 Å². The molecule has 1 unspecified atom stereocenters. The summed E-state index contributed by atoms with van der Waals surface area (Å²) in [5.74, 6) is -2.82. The topological polar surface area (TPSA) is 189 Å². The first-order valence-corrected chi connectivity index (χ1v) is 10.4. The molecule has 33 heavy (non-hydrogen) atoms. The van der Waals surface area contributed by atoms with Gasteiger partial charge in [0.1, 0.15) is 11.8 Å². The fraction of sp³-hybridized carbons (Fsp3) is 0.238. The van der Waals surface area contributed by atoms with Crippen LogP contribution in [-0.4, -0.2) is 40.1 Å². The smallest absolute Gasteiger partial charge is 0.336 e. The van der Waals surface area contributed by atoms with Crippen LogP contribution in [0.5, 0.6) is 5.75 Å². The first-order chi connectivity index (χ1) is 15.6. The van der Waals surface area contributed by atoms with Crippen LogP contribution in [0.2, 0.25) is 0 Å². The molecule has 1 atom stereocenters. The number of nitrogens with one attached hydrogen (secondary N) is 2. The number of carbonyl (C=O) groups excluding carboxylic acids is 1. The number of guanidine groups is 1. The Bertz CT molecular complexity index is 928. The van der Waals surface area contributed by atoms with Gasteiger partial charge >= 0.3 is 17.9 Å². The molecule has 0 saturated carbocycles. The molecule has 0 aromatic heterocycles. The Balaban J connectivity index is 2.55. The molecule has 1 rings (SSSR count). The van der Waals surface area contributed by atoms with Crippen molar-refractivity contribution in [2.75, 3.05) is 0 Å². The zero-order valence-electron chi connectivity index (χ0n) is 18.1. The van der Waals surface area contributed by atoms with Gasteiger partial charge in [0.15, 0.2) is 5.96 Å². The zero-order valence-corrected chi connectivity index (χ0v) is 19.0. The van der Waals surface area contributed by atoms with Gasteiger partial charge in [0.05, 0.1) is 12.1 Å². The predicted octanol–water partition coefficient (Wildman–Crippen LogP) is 1.44. The lowest BCUT2D eigenvalue weighted by atomic mass is 10.2. The van der Waals surface area contributed by atoms with E-state index in [1.54, 1.807) is 36.4 Å². The van der Waals surface area contributed by atoms with Gasteiger partial charge in [-0.1, -0.05) is 23.8 Å². The largest absolute Gasteiger partial charge is 0.481 e. The molecule has 0 bridgehead atoms. The molecule has 0 radical (unpaired) electrons. The number of aliphatic imine (C=N–C) groups is 1. The lowest BCUT2D eigenvalue weighted by Crippen LogP contribution is -2.36. The molecule has 1 aromatic rings. The highest BCUT2D eigenvalue weighted by atomic mass is 32.2. The number of carbonyl (C=O) groups is 3. The third-order valence-corrected chi connectivity index (χ3v) is 4.25. The minimum absolute atomic E-state index is 0.0968. The van der Waals surface area contributed by atoms with Gasteiger partial charge in [0.25, 0.3) is 0 Å². The van der Waals surface area contributed by atoms with E-state index in [4.69, 9.17) is 26.4 Å². The monoisotopic (exact) mass is 477 g/mol. The number of hydrogen-bond acceptors (Lipinski definition) is 8. The maximum Gasteiger partial charge on any atom is 0.336 e. The average molecular weight is 478 g/mol. The van der Waals surface area contributed by atoms with Gasteiger partial charge in [0, 0.05) is 24.8 Å². The second-order valence-electron chi connectivity index (χ2n) is 6.80. The average Bonchev–Trinajstić information content (AvgIpc) is 2.70. The predicted molar refractivity (Wildman–Crippen MR) is 126 cm³/mol. The van der Waals surface area contributed by atoms with E-state index in [0.29, 0.717) is 18.0 Å². The molecular formula is C21H27N5O6S. The van der Waals surface area contributed by atoms with E-state index in [1.807, 2.05) is 13.8 Å². The highest BCUT2D eigenvalue weighted by Crippen LogP contribution is 2.13. The van der Waals surface area contributed by atoms with Crippen LogP contribution in [0.15, 0.2) is 64.8 Å². The van der Waals surface area contributed by atoms with Crippen LogP contribution in [0.4, 0.5) is 0 Å².